The van der Waals surface area contributed by atoms with Gasteiger partial charge >= 0.3 is 5.97 Å². The summed E-state index contributed by atoms with van der Waals surface area (Å²) in [5.74, 6) is -0.750. The van der Waals surface area contributed by atoms with Gasteiger partial charge in [-0.3, -0.25) is 14.4 Å². The minimum Gasteiger partial charge on any atom is -0.494 e. The van der Waals surface area contributed by atoms with E-state index in [0.29, 0.717) is 24.5 Å². The molecule has 7 nitrogen and oxygen atoms in total. The molecule has 0 radical (unpaired) electrons. The van der Waals surface area contributed by atoms with E-state index in [9.17, 15) is 14.4 Å². The van der Waals surface area contributed by atoms with Crippen molar-refractivity contribution in [3.05, 3.63) is 65.7 Å². The van der Waals surface area contributed by atoms with Crippen LogP contribution < -0.4 is 10.1 Å². The number of nitrogens with zero attached hydrogens (tertiary/aromatic N) is 1. The van der Waals surface area contributed by atoms with Crippen LogP contribution in [0.15, 0.2) is 54.6 Å². The van der Waals surface area contributed by atoms with Crippen molar-refractivity contribution in [2.24, 2.45) is 0 Å². The van der Waals surface area contributed by atoms with Crippen LogP contribution in [0.1, 0.15) is 22.8 Å². The molecule has 0 aliphatic rings. The zero-order chi connectivity index (χ0) is 20.4. The van der Waals surface area contributed by atoms with Gasteiger partial charge in [-0.1, -0.05) is 30.3 Å². The number of carbonyl (C=O) groups excluding carboxylic acids is 3. The largest absolute Gasteiger partial charge is 0.494 e. The SMILES string of the molecule is CCOc1ccc(C(=O)NCC(=O)OCC(=O)N(C)Cc2ccccc2)cc1. The lowest BCUT2D eigenvalue weighted by Crippen LogP contribution is -2.34. The highest BCUT2D eigenvalue weighted by Crippen LogP contribution is 2.11. The number of amides is 2. The van der Waals surface area contributed by atoms with E-state index in [1.807, 2.05) is 37.3 Å². The average Bonchev–Trinajstić information content (AvgIpc) is 2.71. The van der Waals surface area contributed by atoms with Crippen LogP contribution in [0.25, 0.3) is 0 Å². The number of rotatable bonds is 9. The van der Waals surface area contributed by atoms with Crippen LogP contribution in [-0.2, 0) is 20.9 Å². The summed E-state index contributed by atoms with van der Waals surface area (Å²) >= 11 is 0. The van der Waals surface area contributed by atoms with E-state index in [1.165, 1.54) is 4.90 Å². The van der Waals surface area contributed by atoms with Gasteiger partial charge in [-0.05, 0) is 36.8 Å². The molecule has 0 aromatic heterocycles. The van der Waals surface area contributed by atoms with Crippen LogP contribution in [0.5, 0.6) is 5.75 Å². The Bertz CT molecular complexity index is 790. The van der Waals surface area contributed by atoms with Crippen LogP contribution in [0, 0.1) is 0 Å². The van der Waals surface area contributed by atoms with Crippen LogP contribution in [0.4, 0.5) is 0 Å². The third-order valence-electron chi connectivity index (χ3n) is 3.87. The van der Waals surface area contributed by atoms with E-state index < -0.39 is 11.9 Å². The Balaban J connectivity index is 1.71. The molecule has 2 aromatic carbocycles. The molecule has 1 N–H and O–H groups in total. The topological polar surface area (TPSA) is 84.9 Å². The molecular formula is C21H24N2O5. The number of likely N-dealkylation sites (N-methyl/N-ethyl adjacent to an activating group) is 1. The van der Waals surface area contributed by atoms with Crippen LogP contribution in [-0.4, -0.2) is 49.5 Å². The van der Waals surface area contributed by atoms with Crippen molar-refractivity contribution >= 4 is 17.8 Å². The molecule has 0 spiro atoms. The van der Waals surface area contributed by atoms with E-state index in [4.69, 9.17) is 9.47 Å². The first kappa shape index (κ1) is 21.0. The Morgan fingerprint density at radius 2 is 1.68 bits per heavy atom. The fourth-order valence-electron chi connectivity index (χ4n) is 2.37. The summed E-state index contributed by atoms with van der Waals surface area (Å²) in [6.07, 6.45) is 0. The van der Waals surface area contributed by atoms with Crippen LogP contribution >= 0.6 is 0 Å². The van der Waals surface area contributed by atoms with Gasteiger partial charge in [-0.2, -0.15) is 0 Å². The number of nitrogens with one attached hydrogen (secondary N) is 1. The maximum absolute atomic E-state index is 12.0. The number of hydrogen-bond acceptors (Lipinski definition) is 5. The summed E-state index contributed by atoms with van der Waals surface area (Å²) in [4.78, 5) is 37.3. The monoisotopic (exact) mass is 384 g/mol. The number of benzene rings is 2. The van der Waals surface area contributed by atoms with E-state index in [0.717, 1.165) is 5.56 Å². The minimum atomic E-state index is -0.680. The van der Waals surface area contributed by atoms with Gasteiger partial charge in [0.05, 0.1) is 6.61 Å². The predicted octanol–water partition coefficient (Wildman–Crippen LogP) is 2.02. The van der Waals surface area contributed by atoms with E-state index >= 15 is 0 Å². The Morgan fingerprint density at radius 3 is 2.32 bits per heavy atom. The lowest BCUT2D eigenvalue weighted by Gasteiger charge is -2.17. The van der Waals surface area contributed by atoms with Gasteiger partial charge < -0.3 is 19.7 Å². The van der Waals surface area contributed by atoms with Gasteiger partial charge in [0.2, 0.25) is 0 Å². The summed E-state index contributed by atoms with van der Waals surface area (Å²) in [6.45, 7) is 2.14. The Morgan fingerprint density at radius 1 is 1.00 bits per heavy atom. The summed E-state index contributed by atoms with van der Waals surface area (Å²) < 4.78 is 10.2. The zero-order valence-corrected chi connectivity index (χ0v) is 16.0. The second-order valence-electron chi connectivity index (χ2n) is 6.04. The highest BCUT2D eigenvalue weighted by molar-refractivity contribution is 5.96. The molecule has 148 valence electrons. The smallest absolute Gasteiger partial charge is 0.325 e. The first-order valence-corrected chi connectivity index (χ1v) is 8.94. The summed E-state index contributed by atoms with van der Waals surface area (Å²) in [5, 5.41) is 2.46. The third-order valence-corrected chi connectivity index (χ3v) is 3.87. The summed E-state index contributed by atoms with van der Waals surface area (Å²) in [6, 6.07) is 16.1. The van der Waals surface area contributed by atoms with Crippen molar-refractivity contribution in [1.29, 1.82) is 0 Å². The predicted molar refractivity (Wildman–Crippen MR) is 104 cm³/mol. The fourth-order valence-corrected chi connectivity index (χ4v) is 2.37. The lowest BCUT2D eigenvalue weighted by molar-refractivity contribution is -0.150. The highest BCUT2D eigenvalue weighted by Gasteiger charge is 2.14. The summed E-state index contributed by atoms with van der Waals surface area (Å²) in [7, 11) is 1.64. The number of carbonyl (C=O) groups is 3. The normalized spacial score (nSPS) is 10.1. The molecule has 0 saturated heterocycles. The van der Waals surface area contributed by atoms with Crippen LogP contribution in [0.2, 0.25) is 0 Å². The molecular weight excluding hydrogens is 360 g/mol. The lowest BCUT2D eigenvalue weighted by atomic mass is 10.2. The second kappa shape index (κ2) is 10.7. The van der Waals surface area contributed by atoms with Gasteiger partial charge in [0.15, 0.2) is 6.61 Å². The molecule has 2 amide bonds. The van der Waals surface area contributed by atoms with Crippen molar-refractivity contribution < 1.29 is 23.9 Å². The molecule has 0 fully saturated rings. The molecule has 0 bridgehead atoms. The highest BCUT2D eigenvalue weighted by atomic mass is 16.5. The van der Waals surface area contributed by atoms with Crippen molar-refractivity contribution in [3.8, 4) is 5.75 Å². The quantitative estimate of drug-likeness (QED) is 0.669. The minimum absolute atomic E-state index is 0.318. The third kappa shape index (κ3) is 6.75. The Hall–Kier alpha value is -3.35. The van der Waals surface area contributed by atoms with Crippen molar-refractivity contribution in [1.82, 2.24) is 10.2 Å². The molecule has 0 aliphatic carbocycles. The van der Waals surface area contributed by atoms with Crippen molar-refractivity contribution in [3.63, 3.8) is 0 Å². The standard InChI is InChI=1S/C21H24N2O5/c1-3-27-18-11-9-17(10-12-18)21(26)22-13-20(25)28-15-19(24)23(2)14-16-7-5-4-6-8-16/h4-12H,3,13-15H2,1-2H3,(H,22,26). The number of hydrogen-bond donors (Lipinski definition) is 1. The average molecular weight is 384 g/mol. The van der Waals surface area contributed by atoms with Gasteiger partial charge in [0, 0.05) is 19.2 Å². The maximum Gasteiger partial charge on any atom is 0.325 e. The molecule has 0 atom stereocenters. The first-order valence-electron chi connectivity index (χ1n) is 8.94. The van der Waals surface area contributed by atoms with Crippen molar-refractivity contribution in [2.45, 2.75) is 13.5 Å². The van der Waals surface area contributed by atoms with Gasteiger partial charge in [0.1, 0.15) is 12.3 Å². The number of esters is 1. The molecule has 0 aliphatic heterocycles. The molecule has 0 heterocycles. The molecule has 0 unspecified atom stereocenters. The molecule has 7 heteroatoms. The molecule has 2 rings (SSSR count). The van der Waals surface area contributed by atoms with E-state index in [2.05, 4.69) is 5.32 Å². The summed E-state index contributed by atoms with van der Waals surface area (Å²) in [5.41, 5.74) is 1.38. The molecule has 28 heavy (non-hydrogen) atoms. The van der Waals surface area contributed by atoms with E-state index in [-0.39, 0.29) is 19.1 Å². The molecule has 2 aromatic rings. The van der Waals surface area contributed by atoms with Crippen LogP contribution in [0.3, 0.4) is 0 Å². The van der Waals surface area contributed by atoms with E-state index in [1.54, 1.807) is 31.3 Å². The first-order chi connectivity index (χ1) is 13.5. The maximum atomic E-state index is 12.0. The second-order valence-corrected chi connectivity index (χ2v) is 6.04. The number of ether oxygens (including phenoxy) is 2. The Labute approximate surface area is 164 Å². The Kier molecular flexibility index (Phi) is 8.02. The van der Waals surface area contributed by atoms with Gasteiger partial charge in [-0.25, -0.2) is 0 Å². The van der Waals surface area contributed by atoms with Crippen molar-refractivity contribution in [2.75, 3.05) is 26.8 Å². The molecule has 0 saturated carbocycles. The van der Waals surface area contributed by atoms with Gasteiger partial charge in [0.25, 0.3) is 11.8 Å². The zero-order valence-electron chi connectivity index (χ0n) is 16.0. The fraction of sp³-hybridized carbons (Fsp3) is 0.286. The van der Waals surface area contributed by atoms with Gasteiger partial charge in [-0.15, -0.1) is 0 Å².